The highest BCUT2D eigenvalue weighted by molar-refractivity contribution is 6.13. The van der Waals surface area contributed by atoms with Crippen LogP contribution in [0.5, 0.6) is 0 Å². The zero-order valence-corrected chi connectivity index (χ0v) is 30.8. The number of benzene rings is 4. The zero-order valence-electron chi connectivity index (χ0n) is 30.8. The van der Waals surface area contributed by atoms with Crippen molar-refractivity contribution in [2.24, 2.45) is 0 Å². The first-order chi connectivity index (χ1) is 25.7. The van der Waals surface area contributed by atoms with Gasteiger partial charge in [-0.1, -0.05) is 102 Å². The van der Waals surface area contributed by atoms with Crippen molar-refractivity contribution in [1.29, 1.82) is 5.26 Å². The van der Waals surface area contributed by atoms with Gasteiger partial charge in [-0.05, 0) is 81.9 Å². The van der Waals surface area contributed by atoms with Crippen LogP contribution in [0.25, 0.3) is 66.5 Å². The molecular formula is C46H39N7. The van der Waals surface area contributed by atoms with E-state index in [4.69, 9.17) is 20.2 Å². The maximum Gasteiger partial charge on any atom is 0.169 e. The normalized spacial score (nSPS) is 12.3. The third-order valence-electron chi connectivity index (χ3n) is 11.0. The molecule has 0 saturated carbocycles. The second kappa shape index (κ2) is 12.1. The predicted molar refractivity (Wildman–Crippen MR) is 215 cm³/mol. The molecule has 258 valence electrons. The molecule has 53 heavy (non-hydrogen) atoms. The van der Waals surface area contributed by atoms with Crippen LogP contribution in [0.2, 0.25) is 0 Å². The zero-order chi connectivity index (χ0) is 36.6. The van der Waals surface area contributed by atoms with E-state index in [-0.39, 0.29) is 0 Å². The van der Waals surface area contributed by atoms with Gasteiger partial charge in [0, 0.05) is 39.5 Å². The van der Waals surface area contributed by atoms with Crippen molar-refractivity contribution in [3.8, 4) is 23.3 Å². The van der Waals surface area contributed by atoms with Crippen LogP contribution < -0.4 is 0 Å². The molecule has 0 N–H and O–H groups in total. The highest BCUT2D eigenvalue weighted by Gasteiger charge is 2.30. The summed E-state index contributed by atoms with van der Waals surface area (Å²) in [5.74, 6) is 2.27. The van der Waals surface area contributed by atoms with Crippen molar-refractivity contribution in [3.63, 3.8) is 0 Å². The molecule has 0 amide bonds. The number of hydrogen-bond donors (Lipinski definition) is 0. The van der Waals surface area contributed by atoms with Crippen LogP contribution in [-0.2, 0) is 5.41 Å². The van der Waals surface area contributed by atoms with Crippen molar-refractivity contribution in [1.82, 2.24) is 29.1 Å². The quantitative estimate of drug-likeness (QED) is 0.162. The van der Waals surface area contributed by atoms with Crippen molar-refractivity contribution >= 4 is 49.3 Å². The number of hydrogen-bond acceptors (Lipinski definition) is 5. The first-order valence-electron chi connectivity index (χ1n) is 18.3. The van der Waals surface area contributed by atoms with Crippen molar-refractivity contribution in [2.75, 3.05) is 0 Å². The first-order valence-corrected chi connectivity index (χ1v) is 18.3. The Morgan fingerprint density at radius 2 is 1.36 bits per heavy atom. The minimum absolute atomic E-state index is 0.302. The molecule has 0 atom stereocenters. The summed E-state index contributed by atoms with van der Waals surface area (Å²) in [5.41, 5.74) is 10.3. The third kappa shape index (κ3) is 4.86. The molecule has 0 aliphatic carbocycles. The molecule has 0 aliphatic heterocycles. The molecule has 0 saturated heterocycles. The van der Waals surface area contributed by atoms with Gasteiger partial charge in [0.15, 0.2) is 11.5 Å². The van der Waals surface area contributed by atoms with Gasteiger partial charge in [-0.3, -0.25) is 14.0 Å². The van der Waals surface area contributed by atoms with Gasteiger partial charge >= 0.3 is 0 Å². The summed E-state index contributed by atoms with van der Waals surface area (Å²) in [6.45, 7) is 13.3. The number of aromatic nitrogens is 6. The lowest BCUT2D eigenvalue weighted by atomic mass is 9.76. The van der Waals surface area contributed by atoms with E-state index in [2.05, 4.69) is 123 Å². The van der Waals surface area contributed by atoms with Crippen molar-refractivity contribution in [3.05, 3.63) is 143 Å². The van der Waals surface area contributed by atoms with Gasteiger partial charge in [0.2, 0.25) is 0 Å². The minimum Gasteiger partial charge on any atom is -0.292 e. The Morgan fingerprint density at radius 3 is 2.06 bits per heavy atom. The summed E-state index contributed by atoms with van der Waals surface area (Å²) < 4.78 is 4.41. The van der Waals surface area contributed by atoms with Gasteiger partial charge < -0.3 is 0 Å². The summed E-state index contributed by atoms with van der Waals surface area (Å²) in [6.07, 6.45) is 3.78. The number of rotatable bonds is 6. The van der Waals surface area contributed by atoms with Crippen LogP contribution >= 0.6 is 0 Å². The van der Waals surface area contributed by atoms with Crippen molar-refractivity contribution in [2.45, 2.75) is 58.8 Å². The molecule has 7 nitrogen and oxygen atoms in total. The van der Waals surface area contributed by atoms with Crippen molar-refractivity contribution < 1.29 is 0 Å². The number of fused-ring (bicyclic) bond motifs is 9. The topological polar surface area (TPSA) is 84.7 Å². The Labute approximate surface area is 308 Å². The summed E-state index contributed by atoms with van der Waals surface area (Å²) >= 11 is 0. The number of pyridine rings is 3. The molecule has 9 rings (SSSR count). The van der Waals surface area contributed by atoms with E-state index in [9.17, 15) is 5.26 Å². The van der Waals surface area contributed by atoms with E-state index in [0.29, 0.717) is 17.4 Å². The van der Waals surface area contributed by atoms with E-state index in [1.54, 1.807) is 0 Å². The molecule has 0 fully saturated rings. The minimum atomic E-state index is -0.605. The summed E-state index contributed by atoms with van der Waals surface area (Å²) in [5, 5.41) is 24.7. The van der Waals surface area contributed by atoms with Gasteiger partial charge in [0.25, 0.3) is 0 Å². The fourth-order valence-corrected chi connectivity index (χ4v) is 8.23. The van der Waals surface area contributed by atoms with Crippen LogP contribution in [0.1, 0.15) is 81.2 Å². The van der Waals surface area contributed by atoms with E-state index >= 15 is 0 Å². The van der Waals surface area contributed by atoms with Gasteiger partial charge in [-0.15, -0.1) is 10.2 Å². The highest BCUT2D eigenvalue weighted by atomic mass is 15.3. The molecule has 5 aromatic heterocycles. The fraction of sp³-hybridized carbons (Fsp3) is 0.196. The Kier molecular flexibility index (Phi) is 7.42. The molecule has 4 aromatic carbocycles. The maximum absolute atomic E-state index is 10.7. The molecule has 5 heterocycles. The summed E-state index contributed by atoms with van der Waals surface area (Å²) in [4.78, 5) is 9.80. The van der Waals surface area contributed by atoms with E-state index in [0.717, 1.165) is 77.6 Å². The SMILES string of the molecule is CC(C)c1cccc(C(C)C)c1-c1nnc2c3cc(C(C)(C)c4cnc5c6ccccc6n(-c6ccccn6)c5c4)c(C#N)cc3c3ccccc3n12. The van der Waals surface area contributed by atoms with Crippen LogP contribution in [0.4, 0.5) is 0 Å². The predicted octanol–water partition coefficient (Wildman–Crippen LogP) is 11.0. The average Bonchev–Trinajstić information content (AvgIpc) is 3.77. The lowest BCUT2D eigenvalue weighted by molar-refractivity contribution is 0.638. The molecule has 0 bridgehead atoms. The lowest BCUT2D eigenvalue weighted by Gasteiger charge is -2.28. The van der Waals surface area contributed by atoms with Crippen LogP contribution in [-0.4, -0.2) is 29.1 Å². The van der Waals surface area contributed by atoms with Gasteiger partial charge in [-0.25, -0.2) is 4.98 Å². The van der Waals surface area contributed by atoms with E-state index in [1.165, 1.54) is 11.1 Å². The molecule has 7 heteroatoms. The second-order valence-corrected chi connectivity index (χ2v) is 15.1. The average molecular weight is 690 g/mol. The van der Waals surface area contributed by atoms with Crippen LogP contribution in [0.15, 0.2) is 116 Å². The summed E-state index contributed by atoms with van der Waals surface area (Å²) in [6, 6.07) is 38.2. The monoisotopic (exact) mass is 689 g/mol. The Bertz CT molecular complexity index is 2910. The molecule has 0 unspecified atom stereocenters. The van der Waals surface area contributed by atoms with E-state index in [1.807, 2.05) is 48.8 Å². The Hall–Kier alpha value is -6.39. The van der Waals surface area contributed by atoms with E-state index < -0.39 is 5.41 Å². The number of para-hydroxylation sites is 2. The highest BCUT2D eigenvalue weighted by Crippen LogP contribution is 2.42. The van der Waals surface area contributed by atoms with Gasteiger partial charge in [0.05, 0.1) is 33.7 Å². The largest absolute Gasteiger partial charge is 0.292 e. The third-order valence-corrected chi connectivity index (χ3v) is 11.0. The number of nitriles is 1. The fourth-order valence-electron chi connectivity index (χ4n) is 8.23. The molecule has 0 aliphatic rings. The summed E-state index contributed by atoms with van der Waals surface area (Å²) in [7, 11) is 0. The van der Waals surface area contributed by atoms with Gasteiger partial charge in [0.1, 0.15) is 5.82 Å². The maximum atomic E-state index is 10.7. The van der Waals surface area contributed by atoms with Crippen LogP contribution in [0, 0.1) is 11.3 Å². The standard InChI is InChI=1S/C46H39N7/c1-27(2)31-16-13-17-32(28(3)4)42(31)45-51-50-44-36-24-37(29(25-47)22-35(36)33-14-7-9-18-38(33)53(44)45)46(5,6)30-23-40-43(49-26-30)34-15-8-10-19-39(34)52(40)41-20-11-12-21-48-41/h7-24,26-28H,1-6H3. The second-order valence-electron chi connectivity index (χ2n) is 15.1. The Balaban J connectivity index is 1.32. The van der Waals surface area contributed by atoms with Crippen LogP contribution in [0.3, 0.4) is 0 Å². The molecule has 0 spiro atoms. The number of nitrogens with zero attached hydrogens (tertiary/aromatic N) is 7. The lowest BCUT2D eigenvalue weighted by Crippen LogP contribution is -2.21. The Morgan fingerprint density at radius 1 is 0.660 bits per heavy atom. The molecule has 0 radical (unpaired) electrons. The molecule has 9 aromatic rings. The first kappa shape index (κ1) is 32.5. The van der Waals surface area contributed by atoms with Gasteiger partial charge in [-0.2, -0.15) is 5.26 Å². The molecular weight excluding hydrogens is 651 g/mol. The smallest absolute Gasteiger partial charge is 0.169 e.